The van der Waals surface area contributed by atoms with Crippen LogP contribution in [0.1, 0.15) is 56.0 Å². The molecule has 1 aliphatic heterocycles. The molecule has 1 heterocycles. The lowest BCUT2D eigenvalue weighted by Gasteiger charge is -2.32. The fourth-order valence-corrected chi connectivity index (χ4v) is 5.65. The van der Waals surface area contributed by atoms with E-state index in [4.69, 9.17) is 4.74 Å². The molecule has 0 aliphatic carbocycles. The number of carbonyl (C=O) groups excluding carboxylic acids is 3. The fraction of sp³-hybridized carbons (Fsp3) is 0.423. The van der Waals surface area contributed by atoms with Crippen molar-refractivity contribution in [3.8, 4) is 5.75 Å². The van der Waals surface area contributed by atoms with Crippen molar-refractivity contribution in [1.29, 1.82) is 0 Å². The average Bonchev–Trinajstić information content (AvgIpc) is 3.07. The Bertz CT molecular complexity index is 1210. The van der Waals surface area contributed by atoms with Crippen LogP contribution in [0, 0.1) is 0 Å². The third-order valence-corrected chi connectivity index (χ3v) is 8.18. The van der Waals surface area contributed by atoms with Crippen LogP contribution in [0.5, 0.6) is 5.75 Å². The molecule has 0 fully saturated rings. The van der Waals surface area contributed by atoms with Gasteiger partial charge in [0.1, 0.15) is 16.7 Å². The van der Waals surface area contributed by atoms with Gasteiger partial charge in [0.2, 0.25) is 11.8 Å². The SMILES string of the molecule is CCC(C)NC(=O)C(CC)N(Cc1ccc(OC)cc1)C(=O)CCN1C(=O)c2ccccc2S1(=O)=O. The van der Waals surface area contributed by atoms with Gasteiger partial charge in [-0.25, -0.2) is 12.7 Å². The van der Waals surface area contributed by atoms with E-state index in [2.05, 4.69) is 5.32 Å². The number of nitrogens with one attached hydrogen (secondary N) is 1. The molecule has 1 N–H and O–H groups in total. The summed E-state index contributed by atoms with van der Waals surface area (Å²) >= 11 is 0. The summed E-state index contributed by atoms with van der Waals surface area (Å²) in [6.07, 6.45) is 0.864. The van der Waals surface area contributed by atoms with Crippen LogP contribution in [-0.2, 0) is 26.2 Å². The molecule has 194 valence electrons. The van der Waals surface area contributed by atoms with Crippen LogP contribution in [0.2, 0.25) is 0 Å². The van der Waals surface area contributed by atoms with Crippen molar-refractivity contribution >= 4 is 27.7 Å². The second kappa shape index (κ2) is 11.6. The van der Waals surface area contributed by atoms with Crippen molar-refractivity contribution < 1.29 is 27.5 Å². The van der Waals surface area contributed by atoms with Gasteiger partial charge in [-0.15, -0.1) is 0 Å². The number of methoxy groups -OCH3 is 1. The largest absolute Gasteiger partial charge is 0.497 e. The van der Waals surface area contributed by atoms with Crippen LogP contribution in [-0.4, -0.2) is 61.1 Å². The fourth-order valence-electron chi connectivity index (χ4n) is 4.08. The summed E-state index contributed by atoms with van der Waals surface area (Å²) in [6, 6.07) is 12.3. The lowest BCUT2D eigenvalue weighted by Crippen LogP contribution is -2.51. The molecule has 0 spiro atoms. The Morgan fingerprint density at radius 2 is 1.72 bits per heavy atom. The number of sulfonamides is 1. The minimum Gasteiger partial charge on any atom is -0.497 e. The predicted octanol–water partition coefficient (Wildman–Crippen LogP) is 2.95. The first kappa shape index (κ1) is 27.2. The molecular formula is C26H33N3O6S. The highest BCUT2D eigenvalue weighted by atomic mass is 32.2. The van der Waals surface area contributed by atoms with Gasteiger partial charge in [-0.1, -0.05) is 38.1 Å². The lowest BCUT2D eigenvalue weighted by atomic mass is 10.1. The molecule has 10 heteroatoms. The molecule has 2 aromatic carbocycles. The molecule has 3 amide bonds. The molecule has 0 saturated heterocycles. The van der Waals surface area contributed by atoms with Gasteiger partial charge in [-0.3, -0.25) is 14.4 Å². The molecule has 0 saturated carbocycles. The van der Waals surface area contributed by atoms with E-state index in [-0.39, 0.29) is 41.9 Å². The Morgan fingerprint density at radius 3 is 2.31 bits per heavy atom. The van der Waals surface area contributed by atoms with Crippen molar-refractivity contribution in [2.24, 2.45) is 0 Å². The number of ether oxygens (including phenoxy) is 1. The van der Waals surface area contributed by atoms with Crippen LogP contribution >= 0.6 is 0 Å². The molecule has 0 radical (unpaired) electrons. The smallest absolute Gasteiger partial charge is 0.269 e. The topological polar surface area (TPSA) is 113 Å². The van der Waals surface area contributed by atoms with Gasteiger partial charge in [0.15, 0.2) is 0 Å². The number of amides is 3. The number of nitrogens with zero attached hydrogens (tertiary/aromatic N) is 2. The highest BCUT2D eigenvalue weighted by molar-refractivity contribution is 7.90. The van der Waals surface area contributed by atoms with Crippen molar-refractivity contribution in [2.45, 2.75) is 63.6 Å². The normalized spacial score (nSPS) is 15.7. The Kier molecular flexibility index (Phi) is 8.73. The number of hydrogen-bond acceptors (Lipinski definition) is 6. The maximum Gasteiger partial charge on any atom is 0.269 e. The highest BCUT2D eigenvalue weighted by Gasteiger charge is 2.41. The Hall–Kier alpha value is -3.40. The molecule has 3 rings (SSSR count). The second-order valence-corrected chi connectivity index (χ2v) is 10.6. The van der Waals surface area contributed by atoms with E-state index in [1.807, 2.05) is 32.9 Å². The Labute approximate surface area is 212 Å². The summed E-state index contributed by atoms with van der Waals surface area (Å²) in [6.45, 7) is 5.51. The zero-order chi connectivity index (χ0) is 26.5. The van der Waals surface area contributed by atoms with Crippen molar-refractivity contribution in [3.63, 3.8) is 0 Å². The summed E-state index contributed by atoms with van der Waals surface area (Å²) < 4.78 is 31.7. The third-order valence-electron chi connectivity index (χ3n) is 6.34. The molecular weight excluding hydrogens is 482 g/mol. The van der Waals surface area contributed by atoms with E-state index in [1.54, 1.807) is 31.4 Å². The Balaban J connectivity index is 1.83. The van der Waals surface area contributed by atoms with Gasteiger partial charge in [0.25, 0.3) is 15.9 Å². The molecule has 2 atom stereocenters. The standard InChI is InChI=1S/C26H33N3O6S/c1-5-18(3)27-25(31)22(6-2)28(17-19-11-13-20(35-4)14-12-19)24(30)15-16-29-26(32)21-9-7-8-10-23(21)36(29,33)34/h7-14,18,22H,5-6,15-17H2,1-4H3,(H,27,31). The number of benzene rings is 2. The first-order chi connectivity index (χ1) is 17.1. The van der Waals surface area contributed by atoms with Gasteiger partial charge in [-0.2, -0.15) is 0 Å². The van der Waals surface area contributed by atoms with Crippen LogP contribution in [0.25, 0.3) is 0 Å². The molecule has 36 heavy (non-hydrogen) atoms. The molecule has 2 aromatic rings. The first-order valence-electron chi connectivity index (χ1n) is 12.0. The molecule has 1 aliphatic rings. The number of hydrogen-bond donors (Lipinski definition) is 1. The first-order valence-corrected chi connectivity index (χ1v) is 13.5. The Morgan fingerprint density at radius 1 is 1.06 bits per heavy atom. The van der Waals surface area contributed by atoms with Gasteiger partial charge in [-0.05, 0) is 49.6 Å². The second-order valence-electron chi connectivity index (χ2n) is 8.74. The third kappa shape index (κ3) is 5.70. The number of rotatable bonds is 11. The van der Waals surface area contributed by atoms with E-state index in [0.29, 0.717) is 12.2 Å². The maximum atomic E-state index is 13.5. The quantitative estimate of drug-likeness (QED) is 0.492. The number of carbonyl (C=O) groups is 3. The number of fused-ring (bicyclic) bond motifs is 1. The van der Waals surface area contributed by atoms with Crippen LogP contribution in [0.3, 0.4) is 0 Å². The van der Waals surface area contributed by atoms with Crippen molar-refractivity contribution in [1.82, 2.24) is 14.5 Å². The van der Waals surface area contributed by atoms with Gasteiger partial charge in [0.05, 0.1) is 12.7 Å². The molecule has 0 aromatic heterocycles. The van der Waals surface area contributed by atoms with Crippen LogP contribution < -0.4 is 10.1 Å². The minimum absolute atomic E-state index is 0.0584. The van der Waals surface area contributed by atoms with Gasteiger partial charge in [0, 0.05) is 25.6 Å². The molecule has 2 unspecified atom stereocenters. The maximum absolute atomic E-state index is 13.5. The summed E-state index contributed by atoms with van der Waals surface area (Å²) in [5, 5.41) is 2.94. The van der Waals surface area contributed by atoms with Gasteiger partial charge >= 0.3 is 0 Å². The van der Waals surface area contributed by atoms with Crippen LogP contribution in [0.4, 0.5) is 0 Å². The van der Waals surface area contributed by atoms with Crippen molar-refractivity contribution in [3.05, 3.63) is 59.7 Å². The van der Waals surface area contributed by atoms with E-state index in [9.17, 15) is 22.8 Å². The predicted molar refractivity (Wildman–Crippen MR) is 135 cm³/mol. The molecule has 9 nitrogen and oxygen atoms in total. The van der Waals surface area contributed by atoms with Crippen molar-refractivity contribution in [2.75, 3.05) is 13.7 Å². The zero-order valence-corrected chi connectivity index (χ0v) is 21.9. The van der Waals surface area contributed by atoms with E-state index >= 15 is 0 Å². The monoisotopic (exact) mass is 515 g/mol. The highest BCUT2D eigenvalue weighted by Crippen LogP contribution is 2.30. The lowest BCUT2D eigenvalue weighted by molar-refractivity contribution is -0.141. The summed E-state index contributed by atoms with van der Waals surface area (Å²) in [4.78, 5) is 40.7. The summed E-state index contributed by atoms with van der Waals surface area (Å²) in [5.74, 6) is -0.681. The van der Waals surface area contributed by atoms with E-state index in [1.165, 1.54) is 17.0 Å². The van der Waals surface area contributed by atoms with Crippen LogP contribution in [0.15, 0.2) is 53.4 Å². The van der Waals surface area contributed by atoms with E-state index < -0.39 is 27.9 Å². The summed E-state index contributed by atoms with van der Waals surface area (Å²) in [7, 11) is -2.47. The zero-order valence-electron chi connectivity index (χ0n) is 21.1. The molecule has 0 bridgehead atoms. The minimum atomic E-state index is -4.03. The average molecular weight is 516 g/mol. The van der Waals surface area contributed by atoms with E-state index in [0.717, 1.165) is 16.3 Å². The summed E-state index contributed by atoms with van der Waals surface area (Å²) in [5.41, 5.74) is 0.885. The van der Waals surface area contributed by atoms with Gasteiger partial charge < -0.3 is 15.0 Å².